The molecule has 1 atom stereocenters. The molecule has 0 spiro atoms. The van der Waals surface area contributed by atoms with Crippen molar-refractivity contribution in [3.05, 3.63) is 76.9 Å². The predicted molar refractivity (Wildman–Crippen MR) is 89.1 cm³/mol. The van der Waals surface area contributed by atoms with E-state index >= 15 is 0 Å². The predicted octanol–water partition coefficient (Wildman–Crippen LogP) is 4.38. The summed E-state index contributed by atoms with van der Waals surface area (Å²) in [6, 6.07) is 18.7. The first kappa shape index (κ1) is 14.5. The molecular formula is C18H15ClN2O. The molecule has 1 aromatic heterocycles. The molecule has 0 saturated heterocycles. The fourth-order valence-electron chi connectivity index (χ4n) is 2.30. The molecule has 0 unspecified atom stereocenters. The van der Waals surface area contributed by atoms with Gasteiger partial charge in [0.15, 0.2) is 0 Å². The number of hydrogen-bond acceptors (Lipinski definition) is 2. The SMILES string of the molecule is C[C@H](NC(=O)c1ccc2ccccc2n1)c1ccc(Cl)cc1. The first-order valence-corrected chi connectivity index (χ1v) is 7.43. The average molecular weight is 311 g/mol. The Balaban J connectivity index is 1.79. The van der Waals surface area contributed by atoms with Crippen molar-refractivity contribution >= 4 is 28.4 Å². The number of benzene rings is 2. The molecular weight excluding hydrogens is 296 g/mol. The number of carbonyl (C=O) groups excluding carboxylic acids is 1. The van der Waals surface area contributed by atoms with E-state index in [4.69, 9.17) is 11.6 Å². The summed E-state index contributed by atoms with van der Waals surface area (Å²) >= 11 is 5.88. The first-order chi connectivity index (χ1) is 10.6. The fourth-order valence-corrected chi connectivity index (χ4v) is 2.42. The van der Waals surface area contributed by atoms with Gasteiger partial charge >= 0.3 is 0 Å². The van der Waals surface area contributed by atoms with Gasteiger partial charge in [-0.3, -0.25) is 4.79 Å². The number of nitrogens with zero attached hydrogens (tertiary/aromatic N) is 1. The molecule has 3 nitrogen and oxygen atoms in total. The molecule has 0 saturated carbocycles. The second-order valence-corrected chi connectivity index (χ2v) is 5.57. The minimum absolute atomic E-state index is 0.113. The van der Waals surface area contributed by atoms with Gasteiger partial charge in [0.1, 0.15) is 5.69 Å². The summed E-state index contributed by atoms with van der Waals surface area (Å²) in [5.74, 6) is -0.187. The van der Waals surface area contributed by atoms with Crippen molar-refractivity contribution in [3.63, 3.8) is 0 Å². The van der Waals surface area contributed by atoms with E-state index in [1.807, 2.05) is 61.5 Å². The van der Waals surface area contributed by atoms with Gasteiger partial charge in [0.25, 0.3) is 5.91 Å². The van der Waals surface area contributed by atoms with Crippen LogP contribution in [0.2, 0.25) is 5.02 Å². The van der Waals surface area contributed by atoms with E-state index in [1.54, 1.807) is 6.07 Å². The number of hydrogen-bond donors (Lipinski definition) is 1. The van der Waals surface area contributed by atoms with Gasteiger partial charge in [-0.15, -0.1) is 0 Å². The monoisotopic (exact) mass is 310 g/mol. The van der Waals surface area contributed by atoms with Crippen LogP contribution in [0, 0.1) is 0 Å². The van der Waals surface area contributed by atoms with Crippen LogP contribution in [0.25, 0.3) is 10.9 Å². The highest BCUT2D eigenvalue weighted by atomic mass is 35.5. The average Bonchev–Trinajstić information content (AvgIpc) is 2.55. The van der Waals surface area contributed by atoms with E-state index in [1.165, 1.54) is 0 Å². The van der Waals surface area contributed by atoms with E-state index in [0.717, 1.165) is 16.5 Å². The van der Waals surface area contributed by atoms with Gasteiger partial charge in [-0.2, -0.15) is 0 Å². The lowest BCUT2D eigenvalue weighted by molar-refractivity contribution is 0.0935. The van der Waals surface area contributed by atoms with Crippen molar-refractivity contribution in [2.24, 2.45) is 0 Å². The number of para-hydroxylation sites is 1. The number of halogens is 1. The molecule has 0 fully saturated rings. The molecule has 0 bridgehead atoms. The van der Waals surface area contributed by atoms with Crippen molar-refractivity contribution in [1.82, 2.24) is 10.3 Å². The smallest absolute Gasteiger partial charge is 0.270 e. The molecule has 2 aromatic carbocycles. The molecule has 0 radical (unpaired) electrons. The number of pyridine rings is 1. The van der Waals surface area contributed by atoms with Gasteiger partial charge in [0, 0.05) is 10.4 Å². The Morgan fingerprint density at radius 2 is 1.77 bits per heavy atom. The number of nitrogens with one attached hydrogen (secondary N) is 1. The van der Waals surface area contributed by atoms with Gasteiger partial charge in [0.2, 0.25) is 0 Å². The third-order valence-electron chi connectivity index (χ3n) is 3.55. The zero-order chi connectivity index (χ0) is 15.5. The number of amides is 1. The van der Waals surface area contributed by atoms with Crippen molar-refractivity contribution in [2.75, 3.05) is 0 Å². The second-order valence-electron chi connectivity index (χ2n) is 5.14. The van der Waals surface area contributed by atoms with Crippen LogP contribution in [-0.2, 0) is 0 Å². The van der Waals surface area contributed by atoms with Crippen LogP contribution in [0.15, 0.2) is 60.7 Å². The Morgan fingerprint density at radius 3 is 2.55 bits per heavy atom. The fraction of sp³-hybridized carbons (Fsp3) is 0.111. The lowest BCUT2D eigenvalue weighted by atomic mass is 10.1. The molecule has 4 heteroatoms. The zero-order valence-corrected chi connectivity index (χ0v) is 12.8. The number of aromatic nitrogens is 1. The third-order valence-corrected chi connectivity index (χ3v) is 3.80. The molecule has 3 rings (SSSR count). The second kappa shape index (κ2) is 6.16. The van der Waals surface area contributed by atoms with E-state index < -0.39 is 0 Å². The van der Waals surface area contributed by atoms with Crippen LogP contribution in [-0.4, -0.2) is 10.9 Å². The molecule has 1 heterocycles. The standard InChI is InChI=1S/C18H15ClN2O/c1-12(13-6-9-15(19)10-7-13)20-18(22)17-11-8-14-4-2-3-5-16(14)21-17/h2-12H,1H3,(H,20,22)/t12-/m0/s1. The maximum absolute atomic E-state index is 12.3. The largest absolute Gasteiger partial charge is 0.344 e. The van der Waals surface area contributed by atoms with Crippen molar-refractivity contribution in [1.29, 1.82) is 0 Å². The topological polar surface area (TPSA) is 42.0 Å². The molecule has 1 N–H and O–H groups in total. The van der Waals surface area contributed by atoms with Crippen LogP contribution < -0.4 is 5.32 Å². The molecule has 0 aliphatic heterocycles. The van der Waals surface area contributed by atoms with E-state index in [0.29, 0.717) is 10.7 Å². The van der Waals surface area contributed by atoms with E-state index in [2.05, 4.69) is 10.3 Å². The Bertz CT molecular complexity index is 815. The zero-order valence-electron chi connectivity index (χ0n) is 12.1. The first-order valence-electron chi connectivity index (χ1n) is 7.05. The summed E-state index contributed by atoms with van der Waals surface area (Å²) in [5, 5.41) is 4.65. The van der Waals surface area contributed by atoms with Crippen molar-refractivity contribution in [2.45, 2.75) is 13.0 Å². The lowest BCUT2D eigenvalue weighted by Crippen LogP contribution is -2.27. The number of rotatable bonds is 3. The molecule has 110 valence electrons. The molecule has 3 aromatic rings. The molecule has 1 amide bonds. The van der Waals surface area contributed by atoms with E-state index in [-0.39, 0.29) is 11.9 Å². The summed E-state index contributed by atoms with van der Waals surface area (Å²) in [6.07, 6.45) is 0. The number of carbonyl (C=O) groups is 1. The summed E-state index contributed by atoms with van der Waals surface area (Å²) in [7, 11) is 0. The molecule has 22 heavy (non-hydrogen) atoms. The van der Waals surface area contributed by atoms with Crippen LogP contribution in [0.1, 0.15) is 29.0 Å². The maximum Gasteiger partial charge on any atom is 0.270 e. The Hall–Kier alpha value is -2.39. The normalized spacial score (nSPS) is 12.1. The van der Waals surface area contributed by atoms with Gasteiger partial charge in [-0.1, -0.05) is 48.0 Å². The highest BCUT2D eigenvalue weighted by Gasteiger charge is 2.13. The van der Waals surface area contributed by atoms with Gasteiger partial charge < -0.3 is 5.32 Å². The van der Waals surface area contributed by atoms with E-state index in [9.17, 15) is 4.79 Å². The van der Waals surface area contributed by atoms with Crippen LogP contribution >= 0.6 is 11.6 Å². The van der Waals surface area contributed by atoms with Crippen LogP contribution in [0.4, 0.5) is 0 Å². The van der Waals surface area contributed by atoms with Gasteiger partial charge in [-0.05, 0) is 36.8 Å². The Morgan fingerprint density at radius 1 is 1.05 bits per heavy atom. The summed E-state index contributed by atoms with van der Waals surface area (Å²) in [6.45, 7) is 1.93. The maximum atomic E-state index is 12.3. The van der Waals surface area contributed by atoms with Gasteiger partial charge in [-0.25, -0.2) is 4.98 Å². The quantitative estimate of drug-likeness (QED) is 0.780. The minimum atomic E-state index is -0.187. The Labute approximate surface area is 133 Å². The minimum Gasteiger partial charge on any atom is -0.344 e. The lowest BCUT2D eigenvalue weighted by Gasteiger charge is -2.14. The van der Waals surface area contributed by atoms with Crippen molar-refractivity contribution < 1.29 is 4.79 Å². The summed E-state index contributed by atoms with van der Waals surface area (Å²) in [5.41, 5.74) is 2.23. The molecule has 0 aliphatic rings. The van der Waals surface area contributed by atoms with Crippen LogP contribution in [0.5, 0.6) is 0 Å². The highest BCUT2D eigenvalue weighted by molar-refractivity contribution is 6.30. The van der Waals surface area contributed by atoms with Crippen LogP contribution in [0.3, 0.4) is 0 Å². The molecule has 0 aliphatic carbocycles. The third kappa shape index (κ3) is 3.10. The summed E-state index contributed by atoms with van der Waals surface area (Å²) in [4.78, 5) is 16.7. The highest BCUT2D eigenvalue weighted by Crippen LogP contribution is 2.17. The van der Waals surface area contributed by atoms with Gasteiger partial charge in [0.05, 0.1) is 11.6 Å². The Kier molecular flexibility index (Phi) is 4.07. The number of fused-ring (bicyclic) bond motifs is 1. The summed E-state index contributed by atoms with van der Waals surface area (Å²) < 4.78 is 0. The van der Waals surface area contributed by atoms with Crippen molar-refractivity contribution in [3.8, 4) is 0 Å².